The molecule has 1 atom stereocenters. The number of nitrogens with one attached hydrogen (secondary N) is 1. The number of piperazine rings is 1. The molecule has 1 heterocycles. The smallest absolute Gasteiger partial charge is 0.0454 e. The summed E-state index contributed by atoms with van der Waals surface area (Å²) >= 11 is 12.5. The van der Waals surface area contributed by atoms with E-state index in [-0.39, 0.29) is 0 Å². The molecule has 1 saturated heterocycles. The molecule has 0 amide bonds. The second-order valence-electron chi connectivity index (χ2n) is 5.60. The molecule has 4 heteroatoms. The summed E-state index contributed by atoms with van der Waals surface area (Å²) < 4.78 is 0. The van der Waals surface area contributed by atoms with E-state index in [0.29, 0.717) is 12.0 Å². The average Bonchev–Trinajstić information content (AvgIpc) is 2.40. The standard InChI is InChI=1S/C15H22Cl2N2/c1-11(2)9-15(19-7-5-18-6-8-19)13-10-12(16)3-4-14(13)17/h3-4,10-11,15,18H,5-9H2,1-2H3/t15-/m1/s1. The van der Waals surface area contributed by atoms with Gasteiger partial charge in [0, 0.05) is 42.3 Å². The van der Waals surface area contributed by atoms with E-state index >= 15 is 0 Å². The van der Waals surface area contributed by atoms with E-state index in [4.69, 9.17) is 23.2 Å². The fourth-order valence-corrected chi connectivity index (χ4v) is 3.11. The van der Waals surface area contributed by atoms with E-state index in [1.54, 1.807) is 0 Å². The van der Waals surface area contributed by atoms with Gasteiger partial charge in [-0.3, -0.25) is 4.90 Å². The first-order chi connectivity index (χ1) is 9.08. The summed E-state index contributed by atoms with van der Waals surface area (Å²) in [5.74, 6) is 0.634. The van der Waals surface area contributed by atoms with E-state index in [1.165, 1.54) is 5.56 Å². The monoisotopic (exact) mass is 300 g/mol. The molecule has 0 bridgehead atoms. The molecule has 1 aliphatic heterocycles. The van der Waals surface area contributed by atoms with Gasteiger partial charge in [-0.25, -0.2) is 0 Å². The van der Waals surface area contributed by atoms with Gasteiger partial charge in [0.1, 0.15) is 0 Å². The van der Waals surface area contributed by atoms with Crippen molar-refractivity contribution in [3.05, 3.63) is 33.8 Å². The Morgan fingerprint density at radius 2 is 1.89 bits per heavy atom. The molecule has 1 fully saturated rings. The third-order valence-electron chi connectivity index (χ3n) is 3.60. The van der Waals surface area contributed by atoms with Crippen LogP contribution in [0.25, 0.3) is 0 Å². The van der Waals surface area contributed by atoms with E-state index in [0.717, 1.165) is 42.6 Å². The summed E-state index contributed by atoms with van der Waals surface area (Å²) in [6.07, 6.45) is 1.11. The minimum Gasteiger partial charge on any atom is -0.314 e. The van der Waals surface area contributed by atoms with Crippen molar-refractivity contribution in [3.63, 3.8) is 0 Å². The van der Waals surface area contributed by atoms with Gasteiger partial charge in [0.15, 0.2) is 0 Å². The summed E-state index contributed by atoms with van der Waals surface area (Å²) in [5.41, 5.74) is 1.17. The zero-order valence-electron chi connectivity index (χ0n) is 11.6. The van der Waals surface area contributed by atoms with Crippen LogP contribution in [0.15, 0.2) is 18.2 Å². The molecule has 0 saturated carbocycles. The van der Waals surface area contributed by atoms with Crippen LogP contribution in [0.3, 0.4) is 0 Å². The van der Waals surface area contributed by atoms with Crippen LogP contribution in [0.1, 0.15) is 31.9 Å². The zero-order chi connectivity index (χ0) is 13.8. The quantitative estimate of drug-likeness (QED) is 0.904. The number of hydrogen-bond acceptors (Lipinski definition) is 2. The SMILES string of the molecule is CC(C)C[C@H](c1cc(Cl)ccc1Cl)N1CCNCC1. The van der Waals surface area contributed by atoms with Crippen LogP contribution < -0.4 is 5.32 Å². The number of halogens is 2. The summed E-state index contributed by atoms with van der Waals surface area (Å²) in [4.78, 5) is 2.52. The lowest BCUT2D eigenvalue weighted by Crippen LogP contribution is -2.45. The van der Waals surface area contributed by atoms with Crippen molar-refractivity contribution in [1.29, 1.82) is 0 Å². The molecule has 1 N–H and O–H groups in total. The Labute approximate surface area is 126 Å². The molecular weight excluding hydrogens is 279 g/mol. The van der Waals surface area contributed by atoms with Crippen LogP contribution in [-0.4, -0.2) is 31.1 Å². The first-order valence-corrected chi connectivity index (χ1v) is 7.73. The minimum absolute atomic E-state index is 0.369. The number of hydrogen-bond donors (Lipinski definition) is 1. The van der Waals surface area contributed by atoms with Gasteiger partial charge in [-0.15, -0.1) is 0 Å². The van der Waals surface area contributed by atoms with Crippen LogP contribution in [-0.2, 0) is 0 Å². The Morgan fingerprint density at radius 3 is 2.53 bits per heavy atom. The van der Waals surface area contributed by atoms with E-state index < -0.39 is 0 Å². The molecule has 0 spiro atoms. The van der Waals surface area contributed by atoms with Gasteiger partial charge in [-0.2, -0.15) is 0 Å². The maximum Gasteiger partial charge on any atom is 0.0454 e. The molecule has 106 valence electrons. The predicted octanol–water partition coefficient (Wildman–Crippen LogP) is 3.99. The molecule has 0 aromatic heterocycles. The highest BCUT2D eigenvalue weighted by Gasteiger charge is 2.24. The minimum atomic E-state index is 0.369. The summed E-state index contributed by atoms with van der Waals surface area (Å²) in [7, 11) is 0. The van der Waals surface area contributed by atoms with E-state index in [2.05, 4.69) is 24.1 Å². The molecular formula is C15H22Cl2N2. The van der Waals surface area contributed by atoms with Crippen molar-refractivity contribution in [2.75, 3.05) is 26.2 Å². The highest BCUT2D eigenvalue weighted by atomic mass is 35.5. The fourth-order valence-electron chi connectivity index (χ4n) is 2.68. The Hall–Kier alpha value is -0.280. The van der Waals surface area contributed by atoms with Gasteiger partial charge in [0.25, 0.3) is 0 Å². The van der Waals surface area contributed by atoms with Gasteiger partial charge < -0.3 is 5.32 Å². The van der Waals surface area contributed by atoms with Gasteiger partial charge in [-0.05, 0) is 36.1 Å². The van der Waals surface area contributed by atoms with Crippen molar-refractivity contribution < 1.29 is 0 Å². The molecule has 19 heavy (non-hydrogen) atoms. The topological polar surface area (TPSA) is 15.3 Å². The first-order valence-electron chi connectivity index (χ1n) is 6.97. The molecule has 2 nitrogen and oxygen atoms in total. The highest BCUT2D eigenvalue weighted by Crippen LogP contribution is 2.34. The Bertz CT molecular complexity index is 415. The lowest BCUT2D eigenvalue weighted by atomic mass is 9.95. The lowest BCUT2D eigenvalue weighted by molar-refractivity contribution is 0.154. The van der Waals surface area contributed by atoms with Crippen molar-refractivity contribution >= 4 is 23.2 Å². The maximum atomic E-state index is 6.39. The Kier molecular flexibility index (Phi) is 5.52. The number of rotatable bonds is 4. The lowest BCUT2D eigenvalue weighted by Gasteiger charge is -2.36. The predicted molar refractivity (Wildman–Crippen MR) is 83.1 cm³/mol. The molecule has 1 aromatic carbocycles. The normalized spacial score (nSPS) is 18.8. The fraction of sp³-hybridized carbons (Fsp3) is 0.600. The zero-order valence-corrected chi connectivity index (χ0v) is 13.1. The van der Waals surface area contributed by atoms with E-state index in [1.807, 2.05) is 18.2 Å². The summed E-state index contributed by atoms with van der Waals surface area (Å²) in [6, 6.07) is 6.17. The number of nitrogens with zero attached hydrogens (tertiary/aromatic N) is 1. The average molecular weight is 301 g/mol. The van der Waals surface area contributed by atoms with Crippen LogP contribution in [0.2, 0.25) is 10.0 Å². The third kappa shape index (κ3) is 4.09. The second-order valence-corrected chi connectivity index (χ2v) is 6.44. The van der Waals surface area contributed by atoms with Crippen molar-refractivity contribution in [1.82, 2.24) is 10.2 Å². The van der Waals surface area contributed by atoms with E-state index in [9.17, 15) is 0 Å². The molecule has 0 aliphatic carbocycles. The van der Waals surface area contributed by atoms with Gasteiger partial charge >= 0.3 is 0 Å². The Balaban J connectivity index is 2.27. The third-order valence-corrected chi connectivity index (χ3v) is 4.18. The maximum absolute atomic E-state index is 6.39. The van der Waals surface area contributed by atoms with Crippen molar-refractivity contribution in [3.8, 4) is 0 Å². The van der Waals surface area contributed by atoms with Gasteiger partial charge in [0.05, 0.1) is 0 Å². The van der Waals surface area contributed by atoms with Crippen LogP contribution in [0, 0.1) is 5.92 Å². The van der Waals surface area contributed by atoms with Crippen molar-refractivity contribution in [2.45, 2.75) is 26.3 Å². The van der Waals surface area contributed by atoms with Crippen molar-refractivity contribution in [2.24, 2.45) is 5.92 Å². The number of benzene rings is 1. The molecule has 0 unspecified atom stereocenters. The van der Waals surface area contributed by atoms with Crippen LogP contribution in [0.5, 0.6) is 0 Å². The molecule has 1 aliphatic rings. The summed E-state index contributed by atoms with van der Waals surface area (Å²) in [6.45, 7) is 8.75. The van der Waals surface area contributed by atoms with Gasteiger partial charge in [0.2, 0.25) is 0 Å². The van der Waals surface area contributed by atoms with Crippen LogP contribution in [0.4, 0.5) is 0 Å². The largest absolute Gasteiger partial charge is 0.314 e. The van der Waals surface area contributed by atoms with Gasteiger partial charge in [-0.1, -0.05) is 37.0 Å². The molecule has 0 radical (unpaired) electrons. The molecule has 2 rings (SSSR count). The van der Waals surface area contributed by atoms with Crippen LogP contribution >= 0.6 is 23.2 Å². The summed E-state index contributed by atoms with van der Waals surface area (Å²) in [5, 5.41) is 4.99. The Morgan fingerprint density at radius 1 is 1.21 bits per heavy atom. The second kappa shape index (κ2) is 6.94. The highest BCUT2D eigenvalue weighted by molar-refractivity contribution is 6.33. The molecule has 1 aromatic rings. The first kappa shape index (κ1) is 15.1.